The van der Waals surface area contributed by atoms with Crippen molar-refractivity contribution in [2.24, 2.45) is 0 Å². The van der Waals surface area contributed by atoms with Crippen molar-refractivity contribution >= 4 is 6.41 Å². The molecule has 1 fully saturated rings. The van der Waals surface area contributed by atoms with Crippen LogP contribution in [0.2, 0.25) is 0 Å². The van der Waals surface area contributed by atoms with Gasteiger partial charge in [-0.1, -0.05) is 0 Å². The van der Waals surface area contributed by atoms with Gasteiger partial charge in [0.15, 0.2) is 0 Å². The quantitative estimate of drug-likeness (QED) is 0.565. The van der Waals surface area contributed by atoms with Gasteiger partial charge < -0.3 is 4.90 Å². The highest BCUT2D eigenvalue weighted by atomic mass is 16.1. The first-order valence-electron chi connectivity index (χ1n) is 4.67. The lowest BCUT2D eigenvalue weighted by atomic mass is 10.3. The van der Waals surface area contributed by atoms with Crippen molar-refractivity contribution in [2.75, 3.05) is 26.2 Å². The van der Waals surface area contributed by atoms with Crippen LogP contribution in [0.3, 0.4) is 0 Å². The van der Waals surface area contributed by atoms with Gasteiger partial charge in [0, 0.05) is 32.2 Å². The van der Waals surface area contributed by atoms with Crippen molar-refractivity contribution in [1.29, 1.82) is 0 Å². The minimum atomic E-state index is 0.608. The molecule has 0 aromatic rings. The molecule has 70 valence electrons. The minimum absolute atomic E-state index is 0.608. The molecule has 0 bridgehead atoms. The van der Waals surface area contributed by atoms with Gasteiger partial charge in [-0.25, -0.2) is 0 Å². The Morgan fingerprint density at radius 1 is 1.17 bits per heavy atom. The first-order valence-corrected chi connectivity index (χ1v) is 4.67. The third kappa shape index (κ3) is 2.48. The molecule has 12 heavy (non-hydrogen) atoms. The van der Waals surface area contributed by atoms with Gasteiger partial charge in [-0.15, -0.1) is 0 Å². The summed E-state index contributed by atoms with van der Waals surface area (Å²) in [7, 11) is 0. The number of rotatable bonds is 2. The Morgan fingerprint density at radius 2 is 1.92 bits per heavy atom. The lowest BCUT2D eigenvalue weighted by Crippen LogP contribution is -2.34. The van der Waals surface area contributed by atoms with Crippen molar-refractivity contribution in [3.05, 3.63) is 0 Å². The Bertz CT molecular complexity index is 147. The summed E-state index contributed by atoms with van der Waals surface area (Å²) in [6.07, 6.45) is 2.07. The Labute approximate surface area is 74.3 Å². The maximum atomic E-state index is 10.5. The molecule has 0 radical (unpaired) electrons. The lowest BCUT2D eigenvalue weighted by Gasteiger charge is -2.23. The predicted molar refractivity (Wildman–Crippen MR) is 49.0 cm³/mol. The number of hydrogen-bond donors (Lipinski definition) is 0. The summed E-state index contributed by atoms with van der Waals surface area (Å²) < 4.78 is 0. The van der Waals surface area contributed by atoms with Crippen molar-refractivity contribution < 1.29 is 4.79 Å². The van der Waals surface area contributed by atoms with Gasteiger partial charge in [0.25, 0.3) is 0 Å². The number of amides is 1. The smallest absolute Gasteiger partial charge is 0.209 e. The van der Waals surface area contributed by atoms with Crippen molar-refractivity contribution in [1.82, 2.24) is 9.80 Å². The summed E-state index contributed by atoms with van der Waals surface area (Å²) in [6, 6.07) is 0.608. The zero-order valence-electron chi connectivity index (χ0n) is 7.99. The maximum absolute atomic E-state index is 10.5. The van der Waals surface area contributed by atoms with Crippen LogP contribution in [0.25, 0.3) is 0 Å². The van der Waals surface area contributed by atoms with Crippen LogP contribution < -0.4 is 0 Å². The van der Waals surface area contributed by atoms with Crippen LogP contribution in [0, 0.1) is 0 Å². The Morgan fingerprint density at radius 3 is 2.50 bits per heavy atom. The SMILES string of the molecule is CC(C)N1CCCN(C=O)CC1. The van der Waals surface area contributed by atoms with Crippen LogP contribution in [-0.4, -0.2) is 48.4 Å². The highest BCUT2D eigenvalue weighted by Gasteiger charge is 2.14. The molecule has 0 aromatic heterocycles. The number of carbonyl (C=O) groups is 1. The van der Waals surface area contributed by atoms with E-state index < -0.39 is 0 Å². The van der Waals surface area contributed by atoms with Gasteiger partial charge >= 0.3 is 0 Å². The van der Waals surface area contributed by atoms with Crippen LogP contribution in [0.1, 0.15) is 20.3 Å². The Kier molecular flexibility index (Phi) is 3.53. The summed E-state index contributed by atoms with van der Waals surface area (Å²) in [5.74, 6) is 0. The number of carbonyl (C=O) groups excluding carboxylic acids is 1. The van der Waals surface area contributed by atoms with Crippen LogP contribution >= 0.6 is 0 Å². The molecule has 0 N–H and O–H groups in total. The van der Waals surface area contributed by atoms with E-state index in [1.165, 1.54) is 0 Å². The van der Waals surface area contributed by atoms with E-state index in [0.717, 1.165) is 39.0 Å². The second-order valence-electron chi connectivity index (χ2n) is 3.62. The first-order chi connectivity index (χ1) is 5.74. The maximum Gasteiger partial charge on any atom is 0.209 e. The largest absolute Gasteiger partial charge is 0.344 e. The fourth-order valence-corrected chi connectivity index (χ4v) is 1.58. The third-order valence-electron chi connectivity index (χ3n) is 2.44. The molecule has 1 aliphatic rings. The molecule has 0 spiro atoms. The van der Waals surface area contributed by atoms with Gasteiger partial charge in [-0.2, -0.15) is 0 Å². The molecule has 1 rings (SSSR count). The fraction of sp³-hybridized carbons (Fsp3) is 0.889. The molecule has 0 aliphatic carbocycles. The van der Waals surface area contributed by atoms with E-state index in [1.807, 2.05) is 4.90 Å². The normalized spacial score (nSPS) is 21.1. The molecule has 0 atom stereocenters. The van der Waals surface area contributed by atoms with E-state index in [0.29, 0.717) is 6.04 Å². The highest BCUT2D eigenvalue weighted by Crippen LogP contribution is 2.04. The standard InChI is InChI=1S/C9H18N2O/c1-9(2)11-5-3-4-10(8-12)6-7-11/h8-9H,3-7H2,1-2H3. The summed E-state index contributed by atoms with van der Waals surface area (Å²) in [4.78, 5) is 14.8. The van der Waals surface area contributed by atoms with Crippen LogP contribution in [-0.2, 0) is 4.79 Å². The molecule has 0 aromatic carbocycles. The molecule has 1 amide bonds. The first kappa shape index (κ1) is 9.52. The summed E-state index contributed by atoms with van der Waals surface area (Å²) >= 11 is 0. The van der Waals surface area contributed by atoms with Gasteiger partial charge in [0.2, 0.25) is 6.41 Å². The summed E-state index contributed by atoms with van der Waals surface area (Å²) in [5.41, 5.74) is 0. The molecular formula is C9H18N2O. The molecule has 1 heterocycles. The van der Waals surface area contributed by atoms with Gasteiger partial charge in [0.05, 0.1) is 0 Å². The van der Waals surface area contributed by atoms with Crippen LogP contribution in [0.15, 0.2) is 0 Å². The fourth-order valence-electron chi connectivity index (χ4n) is 1.58. The molecule has 0 saturated carbocycles. The number of nitrogens with zero attached hydrogens (tertiary/aromatic N) is 2. The molecular weight excluding hydrogens is 152 g/mol. The van der Waals surface area contributed by atoms with E-state index in [9.17, 15) is 4.79 Å². The zero-order chi connectivity index (χ0) is 8.97. The predicted octanol–water partition coefficient (Wildman–Crippen LogP) is 0.559. The number of hydrogen-bond acceptors (Lipinski definition) is 2. The second kappa shape index (κ2) is 4.45. The van der Waals surface area contributed by atoms with Gasteiger partial charge in [-0.05, 0) is 20.3 Å². The highest BCUT2D eigenvalue weighted by molar-refractivity contribution is 5.46. The summed E-state index contributed by atoms with van der Waals surface area (Å²) in [5, 5.41) is 0. The van der Waals surface area contributed by atoms with Crippen molar-refractivity contribution in [3.8, 4) is 0 Å². The van der Waals surface area contributed by atoms with Crippen molar-refractivity contribution in [3.63, 3.8) is 0 Å². The Hall–Kier alpha value is -0.570. The molecule has 1 saturated heterocycles. The van der Waals surface area contributed by atoms with E-state index in [1.54, 1.807) is 0 Å². The van der Waals surface area contributed by atoms with Gasteiger partial charge in [0.1, 0.15) is 0 Å². The van der Waals surface area contributed by atoms with E-state index in [2.05, 4.69) is 18.7 Å². The van der Waals surface area contributed by atoms with E-state index in [4.69, 9.17) is 0 Å². The van der Waals surface area contributed by atoms with E-state index in [-0.39, 0.29) is 0 Å². The monoisotopic (exact) mass is 170 g/mol. The average molecular weight is 170 g/mol. The average Bonchev–Trinajstić information content (AvgIpc) is 2.28. The van der Waals surface area contributed by atoms with Gasteiger partial charge in [-0.3, -0.25) is 9.69 Å². The molecule has 1 aliphatic heterocycles. The lowest BCUT2D eigenvalue weighted by molar-refractivity contribution is -0.118. The van der Waals surface area contributed by atoms with Crippen LogP contribution in [0.4, 0.5) is 0 Å². The minimum Gasteiger partial charge on any atom is -0.344 e. The molecule has 3 heteroatoms. The second-order valence-corrected chi connectivity index (χ2v) is 3.62. The van der Waals surface area contributed by atoms with Crippen molar-refractivity contribution in [2.45, 2.75) is 26.3 Å². The third-order valence-corrected chi connectivity index (χ3v) is 2.44. The molecule has 3 nitrogen and oxygen atoms in total. The molecule has 0 unspecified atom stereocenters. The zero-order valence-corrected chi connectivity index (χ0v) is 7.99. The van der Waals surface area contributed by atoms with E-state index >= 15 is 0 Å². The topological polar surface area (TPSA) is 23.6 Å². The summed E-state index contributed by atoms with van der Waals surface area (Å²) in [6.45, 7) is 8.37. The van der Waals surface area contributed by atoms with Crippen LogP contribution in [0.5, 0.6) is 0 Å². The Balaban J connectivity index is 2.38.